The van der Waals surface area contributed by atoms with E-state index in [1.807, 2.05) is 48.7 Å². The summed E-state index contributed by atoms with van der Waals surface area (Å²) in [5.74, 6) is 0. The lowest BCUT2D eigenvalue weighted by atomic mass is 10.0. The number of hydrogen-bond donors (Lipinski definition) is 1. The number of aryl methyl sites for hydroxylation is 1. The van der Waals surface area contributed by atoms with Gasteiger partial charge in [0.05, 0.1) is 20.2 Å². The molecule has 6 nitrogen and oxygen atoms in total. The van der Waals surface area contributed by atoms with Gasteiger partial charge < -0.3 is 4.74 Å². The Kier molecular flexibility index (Phi) is 7.66. The molecule has 9 heteroatoms. The second-order valence-electron chi connectivity index (χ2n) is 8.20. The number of sulfone groups is 1. The van der Waals surface area contributed by atoms with Crippen molar-refractivity contribution in [3.05, 3.63) is 65.0 Å². The summed E-state index contributed by atoms with van der Waals surface area (Å²) in [6, 6.07) is 16.6. The van der Waals surface area contributed by atoms with E-state index in [1.165, 1.54) is 29.3 Å². The lowest BCUT2D eigenvalue weighted by Crippen LogP contribution is -2.29. The predicted octanol–water partition coefficient (Wildman–Crippen LogP) is 6.14. The fraction of sp³-hybridized carbons (Fsp3) is 0.250. The van der Waals surface area contributed by atoms with E-state index in [2.05, 4.69) is 10.5 Å². The zero-order valence-corrected chi connectivity index (χ0v) is 21.5. The van der Waals surface area contributed by atoms with E-state index >= 15 is 0 Å². The number of rotatable bonds is 6. The molecule has 1 aromatic heterocycles. The molecule has 0 spiro atoms. The Morgan fingerprint density at radius 1 is 1.12 bits per heavy atom. The third-order valence-electron chi connectivity index (χ3n) is 4.47. The van der Waals surface area contributed by atoms with Gasteiger partial charge in [0.1, 0.15) is 5.60 Å². The average molecular weight is 503 g/mol. The fourth-order valence-electron chi connectivity index (χ4n) is 3.18. The van der Waals surface area contributed by atoms with Crippen LogP contribution in [-0.2, 0) is 14.6 Å². The zero-order valence-electron chi connectivity index (χ0n) is 19.1. The maximum absolute atomic E-state index is 13.8. The Labute approximate surface area is 203 Å². The van der Waals surface area contributed by atoms with Crippen molar-refractivity contribution in [3.63, 3.8) is 0 Å². The van der Waals surface area contributed by atoms with Crippen molar-refractivity contribution in [2.24, 2.45) is 5.10 Å². The number of carbonyl (C=O) groups is 1. The Bertz CT molecular complexity index is 1270. The summed E-state index contributed by atoms with van der Waals surface area (Å²) in [5, 5.41) is 3.91. The third kappa shape index (κ3) is 6.04. The molecule has 1 N–H and O–H groups in total. The standard InChI is InChI=1S/C24H26N2O4S3/c1-16-10-9-13-19(17-11-7-6-8-12-17)21(16)33(28,29)20-14-18(32-22(20)31-5)15-25-26-23(27)30-24(2,3)4/h6-15H,1-5H3,(H,26,27). The lowest BCUT2D eigenvalue weighted by Gasteiger charge is -2.18. The smallest absolute Gasteiger partial charge is 0.428 e. The third-order valence-corrected chi connectivity index (χ3v) is 8.92. The lowest BCUT2D eigenvalue weighted by molar-refractivity contribution is 0.0529. The normalized spacial score (nSPS) is 12.2. The van der Waals surface area contributed by atoms with Crippen molar-refractivity contribution >= 4 is 45.2 Å². The van der Waals surface area contributed by atoms with Crippen LogP contribution in [0.25, 0.3) is 11.1 Å². The number of nitrogens with zero attached hydrogens (tertiary/aromatic N) is 1. The maximum atomic E-state index is 13.8. The summed E-state index contributed by atoms with van der Waals surface area (Å²) in [6.45, 7) is 7.07. The first-order valence-electron chi connectivity index (χ1n) is 10.1. The molecule has 1 heterocycles. The molecule has 3 rings (SSSR count). The number of thiophene rings is 1. The summed E-state index contributed by atoms with van der Waals surface area (Å²) in [7, 11) is -3.82. The summed E-state index contributed by atoms with van der Waals surface area (Å²) in [4.78, 5) is 12.9. The number of thioether (sulfide) groups is 1. The minimum absolute atomic E-state index is 0.227. The van der Waals surface area contributed by atoms with E-state index in [0.717, 1.165) is 5.56 Å². The molecular weight excluding hydrogens is 476 g/mol. The predicted molar refractivity (Wildman–Crippen MR) is 135 cm³/mol. The molecule has 2 aromatic carbocycles. The Morgan fingerprint density at radius 2 is 1.82 bits per heavy atom. The van der Waals surface area contributed by atoms with Gasteiger partial charge in [-0.25, -0.2) is 18.6 Å². The molecular formula is C24H26N2O4S3. The van der Waals surface area contributed by atoms with Crippen molar-refractivity contribution in [1.29, 1.82) is 0 Å². The Balaban J connectivity index is 1.98. The SMILES string of the molecule is CSc1sc(C=NNC(=O)OC(C)(C)C)cc1S(=O)(=O)c1c(C)cccc1-c1ccccc1. The number of benzene rings is 2. The highest BCUT2D eigenvalue weighted by molar-refractivity contribution is 8.01. The molecule has 0 aliphatic heterocycles. The van der Waals surface area contributed by atoms with Crippen LogP contribution < -0.4 is 5.43 Å². The molecule has 33 heavy (non-hydrogen) atoms. The van der Waals surface area contributed by atoms with E-state index in [4.69, 9.17) is 4.74 Å². The van der Waals surface area contributed by atoms with Crippen LogP contribution in [0.1, 0.15) is 31.2 Å². The molecule has 0 fully saturated rings. The van der Waals surface area contributed by atoms with Crippen molar-refractivity contribution in [2.45, 2.75) is 47.3 Å². The average Bonchev–Trinajstić information content (AvgIpc) is 3.17. The van der Waals surface area contributed by atoms with Gasteiger partial charge in [-0.15, -0.1) is 23.1 Å². The largest absolute Gasteiger partial charge is 0.443 e. The van der Waals surface area contributed by atoms with Crippen LogP contribution in [-0.4, -0.2) is 32.6 Å². The number of amides is 1. The number of ether oxygens (including phenoxy) is 1. The summed E-state index contributed by atoms with van der Waals surface area (Å²) in [5.41, 5.74) is 3.84. The number of hydrogen-bond acceptors (Lipinski definition) is 7. The first kappa shape index (κ1) is 25.0. The summed E-state index contributed by atoms with van der Waals surface area (Å²) in [6.07, 6.45) is 2.57. The molecule has 0 aliphatic carbocycles. The second kappa shape index (κ2) is 10.1. The van der Waals surface area contributed by atoms with Gasteiger partial charge in [-0.2, -0.15) is 5.10 Å². The Morgan fingerprint density at radius 3 is 2.45 bits per heavy atom. The van der Waals surface area contributed by atoms with E-state index in [1.54, 1.807) is 39.8 Å². The molecule has 0 bridgehead atoms. The first-order chi connectivity index (χ1) is 15.5. The van der Waals surface area contributed by atoms with Gasteiger partial charge in [0.2, 0.25) is 9.84 Å². The second-order valence-corrected chi connectivity index (χ2v) is 12.2. The topological polar surface area (TPSA) is 84.8 Å². The first-order valence-corrected chi connectivity index (χ1v) is 13.7. The van der Waals surface area contributed by atoms with Crippen molar-refractivity contribution in [1.82, 2.24) is 5.43 Å². The molecule has 0 radical (unpaired) electrons. The zero-order chi connectivity index (χ0) is 24.2. The van der Waals surface area contributed by atoms with Gasteiger partial charge in [-0.05, 0) is 51.1 Å². The van der Waals surface area contributed by atoms with Crippen molar-refractivity contribution < 1.29 is 17.9 Å². The van der Waals surface area contributed by atoms with Gasteiger partial charge in [0, 0.05) is 10.4 Å². The maximum Gasteiger partial charge on any atom is 0.428 e. The highest BCUT2D eigenvalue weighted by Gasteiger charge is 2.28. The summed E-state index contributed by atoms with van der Waals surface area (Å²) >= 11 is 2.65. The molecule has 3 aromatic rings. The van der Waals surface area contributed by atoms with E-state index < -0.39 is 21.5 Å². The van der Waals surface area contributed by atoms with E-state index in [9.17, 15) is 13.2 Å². The van der Waals surface area contributed by atoms with Crippen LogP contribution in [0.3, 0.4) is 0 Å². The molecule has 0 saturated heterocycles. The van der Waals surface area contributed by atoms with Crippen LogP contribution in [0.2, 0.25) is 0 Å². The van der Waals surface area contributed by atoms with Crippen LogP contribution in [0.15, 0.2) is 73.7 Å². The van der Waals surface area contributed by atoms with E-state index in [-0.39, 0.29) is 4.90 Å². The van der Waals surface area contributed by atoms with Crippen LogP contribution in [0.5, 0.6) is 0 Å². The minimum Gasteiger partial charge on any atom is -0.443 e. The quantitative estimate of drug-likeness (QED) is 0.249. The van der Waals surface area contributed by atoms with Crippen LogP contribution >= 0.6 is 23.1 Å². The molecule has 1 amide bonds. The van der Waals surface area contributed by atoms with Gasteiger partial charge in [-0.3, -0.25) is 0 Å². The minimum atomic E-state index is -3.82. The number of carbonyl (C=O) groups excluding carboxylic acids is 1. The summed E-state index contributed by atoms with van der Waals surface area (Å²) < 4.78 is 33.5. The highest BCUT2D eigenvalue weighted by atomic mass is 32.2. The molecule has 0 unspecified atom stereocenters. The number of nitrogens with one attached hydrogen (secondary N) is 1. The molecule has 0 atom stereocenters. The molecule has 0 aliphatic rings. The highest BCUT2D eigenvalue weighted by Crippen LogP contribution is 2.40. The fourth-order valence-corrected chi connectivity index (χ4v) is 7.52. The van der Waals surface area contributed by atoms with Gasteiger partial charge in [0.25, 0.3) is 0 Å². The van der Waals surface area contributed by atoms with Crippen molar-refractivity contribution in [3.8, 4) is 11.1 Å². The monoisotopic (exact) mass is 502 g/mol. The molecule has 0 saturated carbocycles. The van der Waals surface area contributed by atoms with Gasteiger partial charge in [-0.1, -0.05) is 48.5 Å². The van der Waals surface area contributed by atoms with Crippen LogP contribution in [0.4, 0.5) is 4.79 Å². The van der Waals surface area contributed by atoms with Crippen LogP contribution in [0, 0.1) is 6.92 Å². The van der Waals surface area contributed by atoms with Gasteiger partial charge in [0.15, 0.2) is 0 Å². The number of hydrazone groups is 1. The van der Waals surface area contributed by atoms with E-state index in [0.29, 0.717) is 25.1 Å². The van der Waals surface area contributed by atoms with Gasteiger partial charge >= 0.3 is 6.09 Å². The Hall–Kier alpha value is -2.62. The van der Waals surface area contributed by atoms with Crippen molar-refractivity contribution in [2.75, 3.05) is 6.26 Å². The molecule has 174 valence electrons.